The number of hydrogen-bond donors (Lipinski definition) is 4. The molecule has 0 radical (unpaired) electrons. The first-order valence-corrected chi connectivity index (χ1v) is 6.89. The van der Waals surface area contributed by atoms with E-state index in [-0.39, 0.29) is 6.54 Å². The summed E-state index contributed by atoms with van der Waals surface area (Å²) in [7, 11) is 0. The van der Waals surface area contributed by atoms with Crippen molar-refractivity contribution in [3.63, 3.8) is 0 Å². The minimum atomic E-state index is -0.829. The Morgan fingerprint density at radius 1 is 1.30 bits per heavy atom. The zero-order chi connectivity index (χ0) is 14.4. The smallest absolute Gasteiger partial charge is 0.319 e. The number of carbonyl (C=O) groups is 2. The van der Waals surface area contributed by atoms with Gasteiger partial charge in [-0.25, -0.2) is 4.79 Å². The van der Waals surface area contributed by atoms with Crippen LogP contribution < -0.4 is 10.6 Å². The molecule has 1 heterocycles. The van der Waals surface area contributed by atoms with E-state index in [0.29, 0.717) is 18.5 Å². The molecule has 4 N–H and O–H groups in total. The zero-order valence-electron chi connectivity index (χ0n) is 11.3. The van der Waals surface area contributed by atoms with Crippen molar-refractivity contribution in [3.8, 4) is 0 Å². The second-order valence-corrected chi connectivity index (χ2v) is 5.29. The van der Waals surface area contributed by atoms with Crippen molar-refractivity contribution in [2.24, 2.45) is 5.41 Å². The first-order chi connectivity index (χ1) is 9.62. The summed E-state index contributed by atoms with van der Waals surface area (Å²) < 4.78 is 0. The van der Waals surface area contributed by atoms with Crippen molar-refractivity contribution in [1.29, 1.82) is 0 Å². The molecule has 0 atom stereocenters. The fourth-order valence-corrected chi connectivity index (χ4v) is 2.62. The van der Waals surface area contributed by atoms with E-state index < -0.39 is 17.4 Å². The van der Waals surface area contributed by atoms with Gasteiger partial charge in [0.2, 0.25) is 0 Å². The molecule has 20 heavy (non-hydrogen) atoms. The highest BCUT2D eigenvalue weighted by Crippen LogP contribution is 2.34. The van der Waals surface area contributed by atoms with Gasteiger partial charge in [-0.3, -0.25) is 9.89 Å². The number of nitrogens with zero attached hydrogens (tertiary/aromatic N) is 1. The van der Waals surface area contributed by atoms with E-state index in [1.165, 1.54) is 6.20 Å². The molecule has 7 nitrogen and oxygen atoms in total. The summed E-state index contributed by atoms with van der Waals surface area (Å²) in [6, 6.07) is -0.406. The highest BCUT2D eigenvalue weighted by molar-refractivity contribution is 5.89. The number of nitrogens with one attached hydrogen (secondary N) is 3. The lowest BCUT2D eigenvalue weighted by Crippen LogP contribution is -2.44. The van der Waals surface area contributed by atoms with Crippen LogP contribution in [0.3, 0.4) is 0 Å². The minimum Gasteiger partial charge on any atom is -0.481 e. The summed E-state index contributed by atoms with van der Waals surface area (Å²) in [5.74, 6) is -0.817. The van der Waals surface area contributed by atoms with Crippen LogP contribution in [0, 0.1) is 5.41 Å². The molecule has 0 bridgehead atoms. The molecule has 2 rings (SSSR count). The Labute approximate surface area is 117 Å². The number of anilines is 1. The Bertz CT molecular complexity index is 450. The number of carboxylic acids is 1. The highest BCUT2D eigenvalue weighted by Gasteiger charge is 2.38. The number of urea groups is 1. The molecule has 1 aliphatic rings. The van der Waals surface area contributed by atoms with E-state index >= 15 is 0 Å². The van der Waals surface area contributed by atoms with Gasteiger partial charge in [0, 0.05) is 12.7 Å². The van der Waals surface area contributed by atoms with Crippen LogP contribution in [-0.2, 0) is 4.79 Å². The van der Waals surface area contributed by atoms with E-state index in [1.807, 2.05) is 0 Å². The second-order valence-electron chi connectivity index (χ2n) is 5.29. The van der Waals surface area contributed by atoms with Crippen molar-refractivity contribution in [2.75, 3.05) is 11.9 Å². The van der Waals surface area contributed by atoms with Gasteiger partial charge in [0.15, 0.2) is 0 Å². The number of aromatic amines is 1. The molecule has 0 spiro atoms. The normalized spacial score (nSPS) is 18.0. The topological polar surface area (TPSA) is 107 Å². The Hall–Kier alpha value is -2.05. The molecule has 0 aromatic carbocycles. The molecule has 110 valence electrons. The summed E-state index contributed by atoms with van der Waals surface area (Å²) in [6.45, 7) is 0.159. The predicted molar refractivity (Wildman–Crippen MR) is 73.4 cm³/mol. The SMILES string of the molecule is O=C(NCC1(C(=O)O)CCCCCC1)Nc1cn[nH]c1. The van der Waals surface area contributed by atoms with Crippen LogP contribution >= 0.6 is 0 Å². The Kier molecular flexibility index (Phi) is 4.60. The van der Waals surface area contributed by atoms with E-state index in [2.05, 4.69) is 20.8 Å². The molecule has 1 fully saturated rings. The summed E-state index contributed by atoms with van der Waals surface area (Å²) >= 11 is 0. The van der Waals surface area contributed by atoms with Crippen LogP contribution in [0.1, 0.15) is 38.5 Å². The predicted octanol–water partition coefficient (Wildman–Crippen LogP) is 1.96. The number of aliphatic carboxylic acids is 1. The summed E-state index contributed by atoms with van der Waals surface area (Å²) in [4.78, 5) is 23.3. The molecule has 0 saturated heterocycles. The molecule has 7 heteroatoms. The molecule has 1 saturated carbocycles. The van der Waals surface area contributed by atoms with Gasteiger partial charge in [0.1, 0.15) is 0 Å². The molecule has 1 aromatic heterocycles. The first-order valence-electron chi connectivity index (χ1n) is 6.89. The van der Waals surface area contributed by atoms with Crippen LogP contribution in [0.2, 0.25) is 0 Å². The van der Waals surface area contributed by atoms with Crippen LogP contribution in [-0.4, -0.2) is 33.8 Å². The van der Waals surface area contributed by atoms with Gasteiger partial charge in [-0.2, -0.15) is 5.10 Å². The van der Waals surface area contributed by atoms with Gasteiger partial charge < -0.3 is 15.7 Å². The number of hydrogen-bond acceptors (Lipinski definition) is 3. The zero-order valence-corrected chi connectivity index (χ0v) is 11.3. The lowest BCUT2D eigenvalue weighted by atomic mass is 9.80. The lowest BCUT2D eigenvalue weighted by molar-refractivity contribution is -0.149. The molecular weight excluding hydrogens is 260 g/mol. The van der Waals surface area contributed by atoms with E-state index in [9.17, 15) is 14.7 Å². The van der Waals surface area contributed by atoms with Crippen molar-refractivity contribution in [3.05, 3.63) is 12.4 Å². The maximum atomic E-state index is 11.7. The minimum absolute atomic E-state index is 0.159. The second kappa shape index (κ2) is 6.40. The first kappa shape index (κ1) is 14.4. The number of rotatable bonds is 4. The number of amides is 2. The molecule has 1 aliphatic carbocycles. The average Bonchev–Trinajstić information content (AvgIpc) is 2.79. The third-order valence-electron chi connectivity index (χ3n) is 3.86. The van der Waals surface area contributed by atoms with Crippen molar-refractivity contribution in [1.82, 2.24) is 15.5 Å². The van der Waals surface area contributed by atoms with Crippen LogP contribution in [0.25, 0.3) is 0 Å². The summed E-state index contributed by atoms with van der Waals surface area (Å²) in [5.41, 5.74) is -0.280. The molecule has 0 aliphatic heterocycles. The van der Waals surface area contributed by atoms with Gasteiger partial charge in [0.05, 0.1) is 17.3 Å². The Balaban J connectivity index is 1.91. The summed E-state index contributed by atoms with van der Waals surface area (Å²) in [6.07, 6.45) is 8.21. The van der Waals surface area contributed by atoms with E-state index in [0.717, 1.165) is 25.7 Å². The molecular formula is C13H20N4O3. The number of aromatic nitrogens is 2. The molecule has 0 unspecified atom stereocenters. The number of carboxylic acid groups (broad SMARTS) is 1. The van der Waals surface area contributed by atoms with Crippen molar-refractivity contribution < 1.29 is 14.7 Å². The maximum absolute atomic E-state index is 11.7. The third-order valence-corrected chi connectivity index (χ3v) is 3.86. The highest BCUT2D eigenvalue weighted by atomic mass is 16.4. The van der Waals surface area contributed by atoms with E-state index in [1.54, 1.807) is 6.20 Å². The van der Waals surface area contributed by atoms with E-state index in [4.69, 9.17) is 0 Å². The maximum Gasteiger partial charge on any atom is 0.319 e. The van der Waals surface area contributed by atoms with Gasteiger partial charge in [0.25, 0.3) is 0 Å². The summed E-state index contributed by atoms with van der Waals surface area (Å²) in [5, 5.41) is 21.1. The molecule has 2 amide bonds. The van der Waals surface area contributed by atoms with Crippen LogP contribution in [0.4, 0.5) is 10.5 Å². The van der Waals surface area contributed by atoms with Crippen molar-refractivity contribution in [2.45, 2.75) is 38.5 Å². The molecule has 1 aromatic rings. The van der Waals surface area contributed by atoms with Crippen LogP contribution in [0.5, 0.6) is 0 Å². The number of H-pyrrole nitrogens is 1. The quantitative estimate of drug-likeness (QED) is 0.632. The van der Waals surface area contributed by atoms with Gasteiger partial charge >= 0.3 is 12.0 Å². The monoisotopic (exact) mass is 280 g/mol. The Morgan fingerprint density at radius 3 is 2.55 bits per heavy atom. The standard InChI is InChI=1S/C13H20N4O3/c18-11(19)13(5-3-1-2-4-6-13)9-14-12(20)17-10-7-15-16-8-10/h7-8H,1-6,9H2,(H,15,16)(H,18,19)(H2,14,17,20). The Morgan fingerprint density at radius 2 is 2.00 bits per heavy atom. The average molecular weight is 280 g/mol. The lowest BCUT2D eigenvalue weighted by Gasteiger charge is -2.28. The largest absolute Gasteiger partial charge is 0.481 e. The van der Waals surface area contributed by atoms with Gasteiger partial charge in [-0.1, -0.05) is 25.7 Å². The van der Waals surface area contributed by atoms with Crippen LogP contribution in [0.15, 0.2) is 12.4 Å². The third kappa shape index (κ3) is 3.49. The van der Waals surface area contributed by atoms with Gasteiger partial charge in [-0.05, 0) is 12.8 Å². The van der Waals surface area contributed by atoms with Crippen molar-refractivity contribution >= 4 is 17.7 Å². The fraction of sp³-hybridized carbons (Fsp3) is 0.615. The fourth-order valence-electron chi connectivity index (χ4n) is 2.62. The van der Waals surface area contributed by atoms with Gasteiger partial charge in [-0.15, -0.1) is 0 Å². The number of carbonyl (C=O) groups excluding carboxylic acids is 1.